The predicted molar refractivity (Wildman–Crippen MR) is 103 cm³/mol. The van der Waals surface area contributed by atoms with Crippen molar-refractivity contribution in [3.8, 4) is 11.3 Å². The maximum Gasteiger partial charge on any atom is 0.269 e. The van der Waals surface area contributed by atoms with Gasteiger partial charge in [-0.3, -0.25) is 14.5 Å². The number of hydrogen-bond acceptors (Lipinski definition) is 4. The molecule has 5 nitrogen and oxygen atoms in total. The molecule has 2 aromatic heterocycles. The molecule has 2 heterocycles. The van der Waals surface area contributed by atoms with E-state index in [2.05, 4.69) is 16.5 Å². The Hall–Kier alpha value is -3.12. The highest BCUT2D eigenvalue weighted by Crippen LogP contribution is 2.34. The summed E-state index contributed by atoms with van der Waals surface area (Å²) in [7, 11) is 0. The molecule has 0 radical (unpaired) electrons. The largest absolute Gasteiger partial charge is 0.294 e. The molecule has 0 saturated heterocycles. The number of nitro groups is 1. The molecular formula is C20H15N3O2S. The van der Waals surface area contributed by atoms with Crippen LogP contribution in [0, 0.1) is 10.1 Å². The van der Waals surface area contributed by atoms with Gasteiger partial charge in [-0.2, -0.15) is 0 Å². The number of thioether (sulfide) groups is 1. The first-order valence-electron chi connectivity index (χ1n) is 8.11. The first kappa shape index (κ1) is 16.4. The third kappa shape index (κ3) is 3.19. The first-order valence-corrected chi connectivity index (χ1v) is 9.09. The zero-order valence-corrected chi connectivity index (χ0v) is 14.6. The summed E-state index contributed by atoms with van der Waals surface area (Å²) in [6.45, 7) is 0. The Morgan fingerprint density at radius 3 is 2.42 bits per heavy atom. The van der Waals surface area contributed by atoms with E-state index < -0.39 is 0 Å². The summed E-state index contributed by atoms with van der Waals surface area (Å²) < 4.78 is 2.08. The summed E-state index contributed by atoms with van der Waals surface area (Å²) in [5.74, 6) is 0.709. The number of non-ortho nitro benzene ring substituents is 1. The number of rotatable bonds is 5. The van der Waals surface area contributed by atoms with Gasteiger partial charge in [-0.15, -0.1) is 11.8 Å². The quantitative estimate of drug-likeness (QED) is 0.278. The molecule has 0 bridgehead atoms. The SMILES string of the molecule is O=[N+]([O-])c1ccc(CSc2c(-c3ccccc3)nc3ccccn23)cc1. The molecule has 0 N–H and O–H groups in total. The Kier molecular flexibility index (Phi) is 4.41. The Morgan fingerprint density at radius 1 is 0.962 bits per heavy atom. The van der Waals surface area contributed by atoms with Crippen molar-refractivity contribution in [1.29, 1.82) is 0 Å². The fourth-order valence-electron chi connectivity index (χ4n) is 2.76. The van der Waals surface area contributed by atoms with Crippen LogP contribution < -0.4 is 0 Å². The Balaban J connectivity index is 1.68. The molecule has 0 unspecified atom stereocenters. The lowest BCUT2D eigenvalue weighted by Crippen LogP contribution is -1.90. The molecule has 0 spiro atoms. The standard InChI is InChI=1S/C20H15N3O2S/c24-23(25)17-11-9-15(10-12-17)14-26-20-19(16-6-2-1-3-7-16)21-18-8-4-5-13-22(18)20/h1-13H,14H2. The molecule has 128 valence electrons. The number of nitrogens with zero attached hydrogens (tertiary/aromatic N) is 3. The highest BCUT2D eigenvalue weighted by Gasteiger charge is 2.14. The van der Waals surface area contributed by atoms with E-state index in [-0.39, 0.29) is 10.6 Å². The lowest BCUT2D eigenvalue weighted by Gasteiger charge is -2.05. The molecule has 0 aliphatic rings. The van der Waals surface area contributed by atoms with Gasteiger partial charge >= 0.3 is 0 Å². The molecule has 0 amide bonds. The summed E-state index contributed by atoms with van der Waals surface area (Å²) in [6, 6.07) is 22.7. The zero-order valence-electron chi connectivity index (χ0n) is 13.8. The average molecular weight is 361 g/mol. The van der Waals surface area contributed by atoms with E-state index in [0.717, 1.165) is 27.5 Å². The van der Waals surface area contributed by atoms with Gasteiger partial charge in [0.1, 0.15) is 16.4 Å². The lowest BCUT2D eigenvalue weighted by atomic mass is 10.2. The van der Waals surface area contributed by atoms with Crippen LogP contribution in [0.3, 0.4) is 0 Å². The average Bonchev–Trinajstić information content (AvgIpc) is 3.06. The Morgan fingerprint density at radius 2 is 1.69 bits per heavy atom. The Labute approximate surface area is 154 Å². The van der Waals surface area contributed by atoms with Crippen LogP contribution in [0.5, 0.6) is 0 Å². The van der Waals surface area contributed by atoms with Crippen molar-refractivity contribution in [2.75, 3.05) is 0 Å². The highest BCUT2D eigenvalue weighted by molar-refractivity contribution is 7.98. The number of nitro benzene ring substituents is 1. The van der Waals surface area contributed by atoms with Crippen molar-refractivity contribution >= 4 is 23.1 Å². The molecular weight excluding hydrogens is 346 g/mol. The van der Waals surface area contributed by atoms with Gasteiger partial charge < -0.3 is 0 Å². The molecule has 6 heteroatoms. The third-order valence-electron chi connectivity index (χ3n) is 4.06. The van der Waals surface area contributed by atoms with Crippen molar-refractivity contribution in [3.63, 3.8) is 0 Å². The summed E-state index contributed by atoms with van der Waals surface area (Å²) in [6.07, 6.45) is 2.01. The van der Waals surface area contributed by atoms with Crippen LogP contribution >= 0.6 is 11.8 Å². The molecule has 0 atom stereocenters. The molecule has 0 aliphatic heterocycles. The smallest absolute Gasteiger partial charge is 0.269 e. The van der Waals surface area contributed by atoms with E-state index >= 15 is 0 Å². The van der Waals surface area contributed by atoms with Gasteiger partial charge in [-0.25, -0.2) is 4.98 Å². The number of benzene rings is 2. The maximum absolute atomic E-state index is 10.8. The van der Waals surface area contributed by atoms with Gasteiger partial charge in [0.15, 0.2) is 0 Å². The fraction of sp³-hybridized carbons (Fsp3) is 0.0500. The zero-order chi connectivity index (χ0) is 17.9. The number of imidazole rings is 1. The minimum Gasteiger partial charge on any atom is -0.294 e. The predicted octanol–water partition coefficient (Wildman–Crippen LogP) is 5.20. The van der Waals surface area contributed by atoms with E-state index in [1.54, 1.807) is 36.0 Å². The van der Waals surface area contributed by atoms with Gasteiger partial charge in [0.2, 0.25) is 0 Å². The van der Waals surface area contributed by atoms with Crippen molar-refractivity contribution in [3.05, 3.63) is 94.7 Å². The van der Waals surface area contributed by atoms with E-state index in [0.29, 0.717) is 5.75 Å². The van der Waals surface area contributed by atoms with Crippen molar-refractivity contribution in [1.82, 2.24) is 9.38 Å². The van der Waals surface area contributed by atoms with Crippen LogP contribution in [0.1, 0.15) is 5.56 Å². The Bertz CT molecular complexity index is 1060. The number of pyridine rings is 1. The second-order valence-electron chi connectivity index (χ2n) is 5.77. The number of aromatic nitrogens is 2. The molecule has 26 heavy (non-hydrogen) atoms. The highest BCUT2D eigenvalue weighted by atomic mass is 32.2. The van der Waals surface area contributed by atoms with Crippen LogP contribution in [0.2, 0.25) is 0 Å². The van der Waals surface area contributed by atoms with Gasteiger partial charge in [0, 0.05) is 29.6 Å². The number of hydrogen-bond donors (Lipinski definition) is 0. The van der Waals surface area contributed by atoms with E-state index in [9.17, 15) is 10.1 Å². The molecule has 4 aromatic rings. The monoisotopic (exact) mass is 361 g/mol. The third-order valence-corrected chi connectivity index (χ3v) is 5.20. The van der Waals surface area contributed by atoms with E-state index in [1.165, 1.54) is 0 Å². The van der Waals surface area contributed by atoms with Crippen molar-refractivity contribution < 1.29 is 4.92 Å². The summed E-state index contributed by atoms with van der Waals surface area (Å²) in [5.41, 5.74) is 4.06. The van der Waals surface area contributed by atoms with Crippen LogP contribution in [-0.2, 0) is 5.75 Å². The van der Waals surface area contributed by atoms with E-state index in [4.69, 9.17) is 4.98 Å². The minimum absolute atomic E-state index is 0.110. The molecule has 2 aromatic carbocycles. The molecule has 0 aliphatic carbocycles. The summed E-state index contributed by atoms with van der Waals surface area (Å²) >= 11 is 1.68. The fourth-order valence-corrected chi connectivity index (χ4v) is 3.85. The molecule has 0 saturated carbocycles. The molecule has 0 fully saturated rings. The van der Waals surface area contributed by atoms with E-state index in [1.807, 2.05) is 42.6 Å². The van der Waals surface area contributed by atoms with Crippen molar-refractivity contribution in [2.24, 2.45) is 0 Å². The maximum atomic E-state index is 10.8. The number of fused-ring (bicyclic) bond motifs is 1. The second kappa shape index (κ2) is 7.01. The van der Waals surface area contributed by atoms with Crippen LogP contribution in [0.4, 0.5) is 5.69 Å². The molecule has 4 rings (SSSR count). The van der Waals surface area contributed by atoms with Crippen LogP contribution in [0.25, 0.3) is 16.9 Å². The minimum atomic E-state index is -0.380. The normalized spacial score (nSPS) is 10.9. The van der Waals surface area contributed by atoms with Gasteiger partial charge in [0.25, 0.3) is 5.69 Å². The van der Waals surface area contributed by atoms with Crippen molar-refractivity contribution in [2.45, 2.75) is 10.8 Å². The summed E-state index contributed by atoms with van der Waals surface area (Å²) in [5, 5.41) is 11.9. The lowest BCUT2D eigenvalue weighted by molar-refractivity contribution is -0.384. The van der Waals surface area contributed by atoms with Gasteiger partial charge in [-0.05, 0) is 17.7 Å². The first-order chi connectivity index (χ1) is 12.7. The van der Waals surface area contributed by atoms with Crippen LogP contribution in [-0.4, -0.2) is 14.3 Å². The van der Waals surface area contributed by atoms with Crippen LogP contribution in [0.15, 0.2) is 84.0 Å². The topological polar surface area (TPSA) is 60.4 Å². The second-order valence-corrected chi connectivity index (χ2v) is 6.74. The van der Waals surface area contributed by atoms with Gasteiger partial charge in [0.05, 0.1) is 4.92 Å². The van der Waals surface area contributed by atoms with Gasteiger partial charge in [-0.1, -0.05) is 48.5 Å². The summed E-state index contributed by atoms with van der Waals surface area (Å²) in [4.78, 5) is 15.2.